The Hall–Kier alpha value is -2.76. The van der Waals surface area contributed by atoms with E-state index in [9.17, 15) is 19.4 Å². The summed E-state index contributed by atoms with van der Waals surface area (Å²) in [6, 6.07) is 7.01. The van der Waals surface area contributed by atoms with E-state index in [1.54, 1.807) is 0 Å². The Kier molecular flexibility index (Phi) is 3.24. The van der Waals surface area contributed by atoms with Crippen LogP contribution in [0.1, 0.15) is 10.4 Å². The molecule has 0 saturated heterocycles. The van der Waals surface area contributed by atoms with Crippen LogP contribution in [0.5, 0.6) is 17.2 Å². The highest BCUT2D eigenvalue weighted by Gasteiger charge is 2.17. The Balaban J connectivity index is 2.31. The molecule has 2 aromatic rings. The lowest BCUT2D eigenvalue weighted by molar-refractivity contribution is 0.102. The third-order valence-electron chi connectivity index (χ3n) is 2.45. The third kappa shape index (κ3) is 2.57. The van der Waals surface area contributed by atoms with Crippen molar-refractivity contribution in [2.45, 2.75) is 0 Å². The predicted octanol–water partition coefficient (Wildman–Crippen LogP) is 2.19. The number of benzene rings is 2. The van der Waals surface area contributed by atoms with Crippen LogP contribution in [0.2, 0.25) is 0 Å². The maximum atomic E-state index is 13.4. The monoisotopic (exact) mass is 263 g/mol. The van der Waals surface area contributed by atoms with Crippen molar-refractivity contribution in [3.05, 3.63) is 47.8 Å². The number of rotatable bonds is 2. The van der Waals surface area contributed by atoms with Gasteiger partial charge in [0.05, 0.1) is 5.69 Å². The molecule has 19 heavy (non-hydrogen) atoms. The van der Waals surface area contributed by atoms with Gasteiger partial charge in [-0.05, 0) is 24.3 Å². The van der Waals surface area contributed by atoms with Gasteiger partial charge < -0.3 is 20.6 Å². The molecule has 0 aliphatic rings. The van der Waals surface area contributed by atoms with Crippen molar-refractivity contribution in [2.75, 3.05) is 5.32 Å². The Labute approximate surface area is 107 Å². The molecular formula is C13H10FNO4. The molecule has 98 valence electrons. The molecule has 0 aliphatic heterocycles. The van der Waals surface area contributed by atoms with Crippen LogP contribution in [0.25, 0.3) is 0 Å². The molecule has 4 N–H and O–H groups in total. The molecule has 0 unspecified atom stereocenters. The number of hydrogen-bond donors (Lipinski definition) is 4. The van der Waals surface area contributed by atoms with Crippen molar-refractivity contribution >= 4 is 11.6 Å². The smallest absolute Gasteiger partial charge is 0.263 e. The van der Waals surface area contributed by atoms with E-state index < -0.39 is 23.2 Å². The van der Waals surface area contributed by atoms with Crippen molar-refractivity contribution in [1.82, 2.24) is 0 Å². The van der Waals surface area contributed by atoms with Gasteiger partial charge in [-0.3, -0.25) is 4.79 Å². The Morgan fingerprint density at radius 2 is 1.68 bits per heavy atom. The van der Waals surface area contributed by atoms with Crippen molar-refractivity contribution in [1.29, 1.82) is 0 Å². The summed E-state index contributed by atoms with van der Waals surface area (Å²) in [6.07, 6.45) is 0. The number of anilines is 1. The summed E-state index contributed by atoms with van der Waals surface area (Å²) in [7, 11) is 0. The number of aromatic hydroxyl groups is 3. The van der Waals surface area contributed by atoms with Gasteiger partial charge in [0.25, 0.3) is 5.91 Å². The van der Waals surface area contributed by atoms with Crippen LogP contribution < -0.4 is 5.32 Å². The summed E-state index contributed by atoms with van der Waals surface area (Å²) >= 11 is 0. The molecule has 0 heterocycles. The van der Waals surface area contributed by atoms with E-state index in [0.717, 1.165) is 6.07 Å². The van der Waals surface area contributed by atoms with Gasteiger partial charge in [-0.15, -0.1) is 0 Å². The molecular weight excluding hydrogens is 253 g/mol. The van der Waals surface area contributed by atoms with Gasteiger partial charge in [0.2, 0.25) is 0 Å². The van der Waals surface area contributed by atoms with E-state index >= 15 is 0 Å². The topological polar surface area (TPSA) is 89.8 Å². The summed E-state index contributed by atoms with van der Waals surface area (Å²) in [4.78, 5) is 11.8. The fourth-order valence-corrected chi connectivity index (χ4v) is 1.55. The van der Waals surface area contributed by atoms with E-state index in [4.69, 9.17) is 5.11 Å². The van der Waals surface area contributed by atoms with Crippen LogP contribution in [-0.4, -0.2) is 21.2 Å². The molecule has 2 aromatic carbocycles. The van der Waals surface area contributed by atoms with E-state index in [-0.39, 0.29) is 17.0 Å². The van der Waals surface area contributed by atoms with Crippen molar-refractivity contribution in [3.63, 3.8) is 0 Å². The van der Waals surface area contributed by atoms with Gasteiger partial charge in [0.1, 0.15) is 28.6 Å². The minimum atomic E-state index is -0.861. The lowest BCUT2D eigenvalue weighted by Crippen LogP contribution is -2.13. The molecule has 0 saturated carbocycles. The minimum absolute atomic E-state index is 0.176. The Bertz CT molecular complexity index is 622. The lowest BCUT2D eigenvalue weighted by Gasteiger charge is -2.09. The lowest BCUT2D eigenvalue weighted by atomic mass is 10.1. The normalized spacial score (nSPS) is 10.2. The quantitative estimate of drug-likeness (QED) is 0.625. The number of carbonyl (C=O) groups excluding carboxylic acids is 1. The van der Waals surface area contributed by atoms with E-state index in [0.29, 0.717) is 0 Å². The van der Waals surface area contributed by atoms with Crippen LogP contribution in [0.15, 0.2) is 36.4 Å². The van der Waals surface area contributed by atoms with Crippen LogP contribution >= 0.6 is 0 Å². The van der Waals surface area contributed by atoms with Crippen LogP contribution in [-0.2, 0) is 0 Å². The first-order valence-electron chi connectivity index (χ1n) is 5.30. The predicted molar refractivity (Wildman–Crippen MR) is 65.8 cm³/mol. The van der Waals surface area contributed by atoms with Crippen molar-refractivity contribution in [3.8, 4) is 17.2 Å². The third-order valence-corrected chi connectivity index (χ3v) is 2.45. The van der Waals surface area contributed by atoms with Gasteiger partial charge in [-0.1, -0.05) is 6.07 Å². The van der Waals surface area contributed by atoms with Crippen LogP contribution in [0.3, 0.4) is 0 Å². The first kappa shape index (κ1) is 12.7. The molecule has 2 rings (SSSR count). The summed E-state index contributed by atoms with van der Waals surface area (Å²) in [6.45, 7) is 0. The fraction of sp³-hybridized carbons (Fsp3) is 0. The number of carbonyl (C=O) groups is 1. The van der Waals surface area contributed by atoms with Crippen molar-refractivity contribution < 1.29 is 24.5 Å². The van der Waals surface area contributed by atoms with Gasteiger partial charge in [-0.2, -0.15) is 0 Å². The molecule has 6 heteroatoms. The van der Waals surface area contributed by atoms with E-state index in [2.05, 4.69) is 5.32 Å². The summed E-state index contributed by atoms with van der Waals surface area (Å²) < 4.78 is 13.4. The zero-order valence-electron chi connectivity index (χ0n) is 9.59. The first-order valence-corrected chi connectivity index (χ1v) is 5.30. The van der Waals surface area contributed by atoms with Crippen molar-refractivity contribution in [2.24, 2.45) is 0 Å². The molecule has 5 nitrogen and oxygen atoms in total. The molecule has 0 aromatic heterocycles. The fourth-order valence-electron chi connectivity index (χ4n) is 1.55. The summed E-state index contributed by atoms with van der Waals surface area (Å²) in [5.74, 6) is -2.81. The zero-order valence-corrected chi connectivity index (χ0v) is 9.59. The second kappa shape index (κ2) is 4.85. The highest BCUT2D eigenvalue weighted by molar-refractivity contribution is 6.08. The summed E-state index contributed by atoms with van der Waals surface area (Å²) in [5.41, 5.74) is -0.527. The molecule has 1 amide bonds. The maximum Gasteiger partial charge on any atom is 0.263 e. The number of nitrogens with one attached hydrogen (secondary N) is 1. The van der Waals surface area contributed by atoms with Gasteiger partial charge >= 0.3 is 0 Å². The van der Waals surface area contributed by atoms with E-state index in [1.165, 1.54) is 30.3 Å². The minimum Gasteiger partial charge on any atom is -0.508 e. The standard InChI is InChI=1S/C13H10FNO4/c14-8-6-7(16)4-5-9(8)15-13(19)12-10(17)2-1-3-11(12)18/h1-6,16-18H,(H,15,19). The Morgan fingerprint density at radius 1 is 1.05 bits per heavy atom. The van der Waals surface area contributed by atoms with E-state index in [1.807, 2.05) is 0 Å². The highest BCUT2D eigenvalue weighted by atomic mass is 19.1. The highest BCUT2D eigenvalue weighted by Crippen LogP contribution is 2.28. The van der Waals surface area contributed by atoms with Crippen LogP contribution in [0, 0.1) is 5.82 Å². The molecule has 0 atom stereocenters. The van der Waals surface area contributed by atoms with Gasteiger partial charge in [0, 0.05) is 6.07 Å². The first-order chi connectivity index (χ1) is 8.99. The number of halogens is 1. The second-order valence-corrected chi connectivity index (χ2v) is 3.79. The average molecular weight is 263 g/mol. The largest absolute Gasteiger partial charge is 0.508 e. The van der Waals surface area contributed by atoms with Crippen LogP contribution in [0.4, 0.5) is 10.1 Å². The van der Waals surface area contributed by atoms with Gasteiger partial charge in [0.15, 0.2) is 0 Å². The number of phenolic OH excluding ortho intramolecular Hbond substituents is 3. The molecule has 0 aliphatic carbocycles. The molecule has 0 fully saturated rings. The maximum absolute atomic E-state index is 13.4. The zero-order chi connectivity index (χ0) is 14.0. The Morgan fingerprint density at radius 3 is 2.26 bits per heavy atom. The number of hydrogen-bond acceptors (Lipinski definition) is 4. The average Bonchev–Trinajstić information content (AvgIpc) is 2.32. The van der Waals surface area contributed by atoms with Gasteiger partial charge in [-0.25, -0.2) is 4.39 Å². The number of amides is 1. The molecule has 0 bridgehead atoms. The second-order valence-electron chi connectivity index (χ2n) is 3.79. The summed E-state index contributed by atoms with van der Waals surface area (Å²) in [5, 5.41) is 30.2. The number of phenols is 3. The molecule has 0 spiro atoms. The SMILES string of the molecule is O=C(Nc1ccc(O)cc1F)c1c(O)cccc1O. The molecule has 0 radical (unpaired) electrons.